The van der Waals surface area contributed by atoms with Crippen molar-refractivity contribution in [2.24, 2.45) is 0 Å². The maximum Gasteiger partial charge on any atom is 0.297 e. The van der Waals surface area contributed by atoms with E-state index in [1.807, 2.05) is 0 Å². The van der Waals surface area contributed by atoms with Crippen LogP contribution in [0.2, 0.25) is 0 Å². The van der Waals surface area contributed by atoms with Crippen molar-refractivity contribution in [3.8, 4) is 17.9 Å². The highest BCUT2D eigenvalue weighted by Gasteiger charge is 2.18. The topological polar surface area (TPSA) is 112 Å². The zero-order valence-electron chi connectivity index (χ0n) is 9.68. The van der Waals surface area contributed by atoms with Crippen LogP contribution in [0.5, 0.6) is 5.75 Å². The Kier molecular flexibility index (Phi) is 4.86. The van der Waals surface area contributed by atoms with E-state index in [2.05, 4.69) is 21.2 Å². The number of ether oxygens (including phenoxy) is 1. The number of nitriles is 2. The Balaban J connectivity index is 3.28. The van der Waals surface area contributed by atoms with E-state index in [1.54, 1.807) is 12.1 Å². The Labute approximate surface area is 117 Å². The number of anilines is 1. The molecule has 0 amide bonds. The SMILES string of the molecule is COc1cc(Br)c(NC=C(C#N)C#N)c([N+](=O)[O-])c1. The molecule has 0 fully saturated rings. The van der Waals surface area contributed by atoms with Gasteiger partial charge in [-0.25, -0.2) is 0 Å². The third kappa shape index (κ3) is 3.44. The van der Waals surface area contributed by atoms with Crippen molar-refractivity contribution in [3.63, 3.8) is 0 Å². The lowest BCUT2D eigenvalue weighted by Crippen LogP contribution is -1.99. The summed E-state index contributed by atoms with van der Waals surface area (Å²) in [5, 5.41) is 30.7. The van der Waals surface area contributed by atoms with E-state index in [4.69, 9.17) is 15.3 Å². The van der Waals surface area contributed by atoms with Crippen LogP contribution in [0.25, 0.3) is 0 Å². The molecule has 1 N–H and O–H groups in total. The molecule has 0 heterocycles. The molecule has 8 heteroatoms. The van der Waals surface area contributed by atoms with Crippen LogP contribution in [-0.4, -0.2) is 12.0 Å². The number of nitro benzene ring substituents is 1. The summed E-state index contributed by atoms with van der Waals surface area (Å²) in [6, 6.07) is 6.05. The summed E-state index contributed by atoms with van der Waals surface area (Å²) in [6.07, 6.45) is 1.10. The average molecular weight is 323 g/mol. The van der Waals surface area contributed by atoms with Gasteiger partial charge in [-0.2, -0.15) is 10.5 Å². The molecule has 0 radical (unpaired) electrons. The number of benzene rings is 1. The first-order valence-electron chi connectivity index (χ1n) is 4.82. The zero-order valence-corrected chi connectivity index (χ0v) is 11.3. The third-order valence-electron chi connectivity index (χ3n) is 2.08. The van der Waals surface area contributed by atoms with Crippen molar-refractivity contribution in [2.75, 3.05) is 12.4 Å². The van der Waals surface area contributed by atoms with E-state index >= 15 is 0 Å². The van der Waals surface area contributed by atoms with E-state index in [1.165, 1.54) is 19.2 Å². The number of nitrogens with zero attached hydrogens (tertiary/aromatic N) is 3. The first kappa shape index (κ1) is 14.5. The quantitative estimate of drug-likeness (QED) is 0.518. The molecule has 1 aromatic rings. The molecule has 1 rings (SSSR count). The summed E-state index contributed by atoms with van der Waals surface area (Å²) < 4.78 is 5.31. The van der Waals surface area contributed by atoms with Gasteiger partial charge in [0.15, 0.2) is 0 Å². The maximum atomic E-state index is 11.0. The maximum absolute atomic E-state index is 11.0. The van der Waals surface area contributed by atoms with Gasteiger partial charge in [-0.3, -0.25) is 10.1 Å². The summed E-state index contributed by atoms with van der Waals surface area (Å²) in [5.74, 6) is 0.314. The van der Waals surface area contributed by atoms with Crippen molar-refractivity contribution >= 4 is 27.3 Å². The second-order valence-electron chi connectivity index (χ2n) is 3.19. The summed E-state index contributed by atoms with van der Waals surface area (Å²) in [7, 11) is 1.39. The monoisotopic (exact) mass is 322 g/mol. The number of nitrogens with one attached hydrogen (secondary N) is 1. The van der Waals surface area contributed by atoms with Gasteiger partial charge in [-0.1, -0.05) is 0 Å². The number of methoxy groups -OCH3 is 1. The molecular formula is C11H7BrN4O3. The lowest BCUT2D eigenvalue weighted by Gasteiger charge is -2.07. The molecule has 0 aliphatic rings. The smallest absolute Gasteiger partial charge is 0.297 e. The molecule has 0 saturated heterocycles. The lowest BCUT2D eigenvalue weighted by atomic mass is 10.2. The van der Waals surface area contributed by atoms with Gasteiger partial charge in [0.05, 0.1) is 22.6 Å². The number of rotatable bonds is 4. The zero-order chi connectivity index (χ0) is 14.4. The highest BCUT2D eigenvalue weighted by atomic mass is 79.9. The molecule has 0 atom stereocenters. The van der Waals surface area contributed by atoms with Crippen LogP contribution in [0, 0.1) is 32.8 Å². The van der Waals surface area contributed by atoms with Crippen LogP contribution < -0.4 is 10.1 Å². The minimum Gasteiger partial charge on any atom is -0.496 e. The second kappa shape index (κ2) is 6.38. The molecule has 0 aliphatic heterocycles. The highest BCUT2D eigenvalue weighted by molar-refractivity contribution is 9.10. The minimum absolute atomic E-state index is 0.133. The van der Waals surface area contributed by atoms with Crippen LogP contribution in [0.3, 0.4) is 0 Å². The summed E-state index contributed by atoms with van der Waals surface area (Å²) in [6.45, 7) is 0. The fourth-order valence-electron chi connectivity index (χ4n) is 1.21. The molecule has 0 unspecified atom stereocenters. The van der Waals surface area contributed by atoms with Crippen LogP contribution >= 0.6 is 15.9 Å². The second-order valence-corrected chi connectivity index (χ2v) is 4.04. The molecule has 0 aromatic heterocycles. The van der Waals surface area contributed by atoms with Gasteiger partial charge >= 0.3 is 0 Å². The summed E-state index contributed by atoms with van der Waals surface area (Å²) >= 11 is 3.16. The van der Waals surface area contributed by atoms with Crippen molar-refractivity contribution in [1.29, 1.82) is 10.5 Å². The lowest BCUT2D eigenvalue weighted by molar-refractivity contribution is -0.384. The predicted molar refractivity (Wildman–Crippen MR) is 70.3 cm³/mol. The van der Waals surface area contributed by atoms with E-state index < -0.39 is 4.92 Å². The van der Waals surface area contributed by atoms with Crippen molar-refractivity contribution in [3.05, 3.63) is 38.5 Å². The largest absolute Gasteiger partial charge is 0.496 e. The van der Waals surface area contributed by atoms with Gasteiger partial charge in [0, 0.05) is 6.20 Å². The minimum atomic E-state index is -0.595. The number of allylic oxidation sites excluding steroid dienone is 1. The van der Waals surface area contributed by atoms with E-state index in [0.29, 0.717) is 10.2 Å². The standard InChI is InChI=1S/C11H7BrN4O3/c1-19-8-2-9(12)11(10(3-8)16(17)18)15-6-7(4-13)5-14/h2-3,6,15H,1H3. The number of halogens is 1. The third-order valence-corrected chi connectivity index (χ3v) is 2.70. The fraction of sp³-hybridized carbons (Fsp3) is 0.0909. The van der Waals surface area contributed by atoms with Gasteiger partial charge in [-0.15, -0.1) is 0 Å². The average Bonchev–Trinajstić information content (AvgIpc) is 2.40. The number of hydrogen-bond donors (Lipinski definition) is 1. The fourth-order valence-corrected chi connectivity index (χ4v) is 1.75. The van der Waals surface area contributed by atoms with Gasteiger partial charge in [0.25, 0.3) is 5.69 Å². The predicted octanol–water partition coefficient (Wildman–Crippen LogP) is 2.71. The number of hydrogen-bond acceptors (Lipinski definition) is 6. The highest BCUT2D eigenvalue weighted by Crippen LogP contribution is 2.36. The Morgan fingerprint density at radius 1 is 1.53 bits per heavy atom. The van der Waals surface area contributed by atoms with Gasteiger partial charge in [0.1, 0.15) is 29.1 Å². The Hall–Kier alpha value is -2.58. The molecule has 1 aromatic carbocycles. The molecule has 0 saturated carbocycles. The van der Waals surface area contributed by atoms with Crippen LogP contribution in [0.15, 0.2) is 28.4 Å². The molecule has 7 nitrogen and oxygen atoms in total. The van der Waals surface area contributed by atoms with Crippen LogP contribution in [0.1, 0.15) is 0 Å². The van der Waals surface area contributed by atoms with E-state index in [0.717, 1.165) is 6.20 Å². The number of nitro groups is 1. The van der Waals surface area contributed by atoms with Crippen molar-refractivity contribution in [2.45, 2.75) is 0 Å². The summed E-state index contributed by atoms with van der Waals surface area (Å²) in [5.41, 5.74) is -0.302. The first-order chi connectivity index (χ1) is 9.03. The summed E-state index contributed by atoms with van der Waals surface area (Å²) in [4.78, 5) is 10.4. The first-order valence-corrected chi connectivity index (χ1v) is 5.61. The van der Waals surface area contributed by atoms with E-state index in [-0.39, 0.29) is 16.9 Å². The molecule has 0 spiro atoms. The molecule has 0 bridgehead atoms. The normalized spacial score (nSPS) is 8.84. The van der Waals surface area contributed by atoms with Crippen LogP contribution in [0.4, 0.5) is 11.4 Å². The van der Waals surface area contributed by atoms with Gasteiger partial charge < -0.3 is 10.1 Å². The Morgan fingerprint density at radius 3 is 2.63 bits per heavy atom. The van der Waals surface area contributed by atoms with E-state index in [9.17, 15) is 10.1 Å². The Bertz CT molecular complexity index is 612. The van der Waals surface area contributed by atoms with Gasteiger partial charge in [0.2, 0.25) is 0 Å². The van der Waals surface area contributed by atoms with Crippen LogP contribution in [-0.2, 0) is 0 Å². The molecular weight excluding hydrogens is 316 g/mol. The molecule has 0 aliphatic carbocycles. The Morgan fingerprint density at radius 2 is 2.16 bits per heavy atom. The van der Waals surface area contributed by atoms with Crippen molar-refractivity contribution < 1.29 is 9.66 Å². The van der Waals surface area contributed by atoms with Crippen molar-refractivity contribution in [1.82, 2.24) is 0 Å². The van der Waals surface area contributed by atoms with Gasteiger partial charge in [-0.05, 0) is 22.0 Å². The molecule has 19 heavy (non-hydrogen) atoms. The molecule has 96 valence electrons.